The third-order valence-electron chi connectivity index (χ3n) is 2.88. The number of carbonyl (C=O) groups is 1. The molecule has 10 heteroatoms. The molecule has 130 valence electrons. The van der Waals surface area contributed by atoms with E-state index in [-0.39, 0.29) is 24.3 Å². The van der Waals surface area contributed by atoms with Crippen LogP contribution in [0.1, 0.15) is 12.8 Å². The molecule has 1 N–H and O–H groups in total. The number of amides is 1. The minimum atomic E-state index is -4.49. The van der Waals surface area contributed by atoms with Crippen molar-refractivity contribution in [3.63, 3.8) is 0 Å². The molecule has 0 heterocycles. The summed E-state index contributed by atoms with van der Waals surface area (Å²) in [5.74, 6) is -1.39. The highest BCUT2D eigenvalue weighted by Gasteiger charge is 2.27. The highest BCUT2D eigenvalue weighted by atomic mass is 32.2. The van der Waals surface area contributed by atoms with Crippen LogP contribution in [0.4, 0.5) is 17.6 Å². The number of nitrogens with zero attached hydrogens (tertiary/aromatic N) is 1. The number of hydrogen-bond acceptors (Lipinski definition) is 3. The molecule has 0 atom stereocenters. The summed E-state index contributed by atoms with van der Waals surface area (Å²) in [6, 6.07) is 4.23. The molecular formula is C13H16F4N2O3S. The molecule has 0 aliphatic carbocycles. The van der Waals surface area contributed by atoms with Gasteiger partial charge in [0, 0.05) is 20.0 Å². The topological polar surface area (TPSA) is 66.5 Å². The van der Waals surface area contributed by atoms with E-state index in [1.165, 1.54) is 7.05 Å². The Kier molecular flexibility index (Phi) is 6.51. The monoisotopic (exact) mass is 356 g/mol. The zero-order valence-corrected chi connectivity index (χ0v) is 13.0. The van der Waals surface area contributed by atoms with Gasteiger partial charge in [0.25, 0.3) is 0 Å². The predicted octanol–water partition coefficient (Wildman–Crippen LogP) is 1.90. The summed E-state index contributed by atoms with van der Waals surface area (Å²) < 4.78 is 73.7. The fourth-order valence-electron chi connectivity index (χ4n) is 1.66. The van der Waals surface area contributed by atoms with Crippen LogP contribution in [0.15, 0.2) is 29.2 Å². The summed E-state index contributed by atoms with van der Waals surface area (Å²) in [4.78, 5) is 11.1. The highest BCUT2D eigenvalue weighted by Crippen LogP contribution is 2.15. The Labute approximate surface area is 131 Å². The molecule has 0 spiro atoms. The van der Waals surface area contributed by atoms with Crippen LogP contribution in [-0.2, 0) is 14.8 Å². The van der Waals surface area contributed by atoms with Gasteiger partial charge in [-0.3, -0.25) is 4.79 Å². The molecule has 0 saturated heterocycles. The minimum Gasteiger partial charge on any atom is -0.347 e. The van der Waals surface area contributed by atoms with Gasteiger partial charge in [0.05, 0.1) is 4.90 Å². The molecule has 0 radical (unpaired) electrons. The van der Waals surface area contributed by atoms with E-state index in [0.29, 0.717) is 0 Å². The number of alkyl halides is 3. The van der Waals surface area contributed by atoms with Crippen molar-refractivity contribution in [1.29, 1.82) is 0 Å². The van der Waals surface area contributed by atoms with Gasteiger partial charge >= 0.3 is 6.18 Å². The van der Waals surface area contributed by atoms with E-state index in [0.717, 1.165) is 28.6 Å². The van der Waals surface area contributed by atoms with Crippen LogP contribution in [0.5, 0.6) is 0 Å². The van der Waals surface area contributed by atoms with Crippen molar-refractivity contribution in [1.82, 2.24) is 9.62 Å². The lowest BCUT2D eigenvalue weighted by molar-refractivity contribution is -0.138. The van der Waals surface area contributed by atoms with Gasteiger partial charge in [-0.2, -0.15) is 13.2 Å². The first-order chi connectivity index (χ1) is 10.5. The van der Waals surface area contributed by atoms with Gasteiger partial charge < -0.3 is 5.32 Å². The van der Waals surface area contributed by atoms with Crippen LogP contribution in [0.2, 0.25) is 0 Å². The molecule has 0 unspecified atom stereocenters. The predicted molar refractivity (Wildman–Crippen MR) is 74.5 cm³/mol. The van der Waals surface area contributed by atoms with Crippen molar-refractivity contribution < 1.29 is 30.8 Å². The molecule has 1 rings (SSSR count). The molecule has 0 saturated carbocycles. The van der Waals surface area contributed by atoms with E-state index >= 15 is 0 Å². The maximum atomic E-state index is 12.8. The third kappa shape index (κ3) is 6.53. The lowest BCUT2D eigenvalue weighted by atomic mass is 10.3. The second-order valence-corrected chi connectivity index (χ2v) is 6.82. The van der Waals surface area contributed by atoms with Crippen LogP contribution >= 0.6 is 0 Å². The van der Waals surface area contributed by atoms with Crippen LogP contribution in [0.3, 0.4) is 0 Å². The zero-order valence-electron chi connectivity index (χ0n) is 12.2. The number of hydrogen-bond donors (Lipinski definition) is 1. The van der Waals surface area contributed by atoms with E-state index < -0.39 is 34.5 Å². The summed E-state index contributed by atoms with van der Waals surface area (Å²) in [5, 5.41) is 1.70. The largest absolute Gasteiger partial charge is 0.405 e. The molecule has 0 aliphatic rings. The van der Waals surface area contributed by atoms with Gasteiger partial charge in [-0.05, 0) is 30.7 Å². The maximum absolute atomic E-state index is 12.8. The van der Waals surface area contributed by atoms with Crippen molar-refractivity contribution >= 4 is 15.9 Å². The Balaban J connectivity index is 2.48. The van der Waals surface area contributed by atoms with Crippen molar-refractivity contribution in [2.24, 2.45) is 0 Å². The van der Waals surface area contributed by atoms with Gasteiger partial charge in [0.15, 0.2) is 0 Å². The minimum absolute atomic E-state index is 0.0562. The van der Waals surface area contributed by atoms with Crippen LogP contribution in [0.25, 0.3) is 0 Å². The van der Waals surface area contributed by atoms with Gasteiger partial charge in [-0.1, -0.05) is 0 Å². The van der Waals surface area contributed by atoms with Crippen LogP contribution in [0, 0.1) is 5.82 Å². The average Bonchev–Trinajstić information content (AvgIpc) is 2.44. The number of halogens is 4. The number of sulfonamides is 1. The average molecular weight is 356 g/mol. The van der Waals surface area contributed by atoms with E-state index in [4.69, 9.17) is 0 Å². The fraction of sp³-hybridized carbons (Fsp3) is 0.462. The van der Waals surface area contributed by atoms with E-state index in [1.54, 1.807) is 5.32 Å². The number of carbonyl (C=O) groups excluding carboxylic acids is 1. The summed E-state index contributed by atoms with van der Waals surface area (Å²) in [6.07, 6.45) is -4.67. The smallest absolute Gasteiger partial charge is 0.347 e. The van der Waals surface area contributed by atoms with Crippen molar-refractivity contribution in [2.75, 3.05) is 20.1 Å². The third-order valence-corrected chi connectivity index (χ3v) is 4.76. The Morgan fingerprint density at radius 3 is 2.30 bits per heavy atom. The quantitative estimate of drug-likeness (QED) is 0.759. The Morgan fingerprint density at radius 1 is 1.22 bits per heavy atom. The van der Waals surface area contributed by atoms with Gasteiger partial charge in [0.1, 0.15) is 12.4 Å². The van der Waals surface area contributed by atoms with Crippen molar-refractivity contribution in [2.45, 2.75) is 23.9 Å². The van der Waals surface area contributed by atoms with E-state index in [2.05, 4.69) is 0 Å². The molecule has 1 aromatic carbocycles. The molecule has 0 aromatic heterocycles. The summed E-state index contributed by atoms with van der Waals surface area (Å²) >= 11 is 0. The van der Waals surface area contributed by atoms with E-state index in [9.17, 15) is 30.8 Å². The maximum Gasteiger partial charge on any atom is 0.405 e. The van der Waals surface area contributed by atoms with Crippen LogP contribution in [-0.4, -0.2) is 44.9 Å². The molecule has 0 fully saturated rings. The van der Waals surface area contributed by atoms with Gasteiger partial charge in [0.2, 0.25) is 15.9 Å². The summed E-state index contributed by atoms with van der Waals surface area (Å²) in [6.45, 7) is -1.48. The zero-order chi connectivity index (χ0) is 17.7. The number of rotatable bonds is 7. The molecule has 1 amide bonds. The molecule has 0 bridgehead atoms. The Bertz CT molecular complexity index is 630. The lowest BCUT2D eigenvalue weighted by Crippen LogP contribution is -2.34. The normalized spacial score (nSPS) is 12.4. The standard InChI is InChI=1S/C13H16F4N2O3S/c1-19(8-2-3-12(20)18-9-13(15,16)17)23(21,22)11-6-4-10(14)5-7-11/h4-7H,2-3,8-9H2,1H3,(H,18,20). The molecule has 5 nitrogen and oxygen atoms in total. The number of nitrogens with one attached hydrogen (secondary N) is 1. The molecule has 1 aromatic rings. The number of benzene rings is 1. The molecule has 0 aliphatic heterocycles. The van der Waals surface area contributed by atoms with E-state index in [1.807, 2.05) is 0 Å². The summed E-state index contributed by atoms with van der Waals surface area (Å²) in [7, 11) is -2.56. The second-order valence-electron chi connectivity index (χ2n) is 4.78. The lowest BCUT2D eigenvalue weighted by Gasteiger charge is -2.17. The second kappa shape index (κ2) is 7.73. The first-order valence-electron chi connectivity index (χ1n) is 6.58. The Morgan fingerprint density at radius 2 is 1.78 bits per heavy atom. The highest BCUT2D eigenvalue weighted by molar-refractivity contribution is 7.89. The SMILES string of the molecule is CN(CCCC(=O)NCC(F)(F)F)S(=O)(=O)c1ccc(F)cc1. The first-order valence-corrected chi connectivity index (χ1v) is 8.02. The fourth-order valence-corrected chi connectivity index (χ4v) is 2.87. The Hall–Kier alpha value is -1.68. The summed E-state index contributed by atoms with van der Waals surface area (Å²) in [5.41, 5.74) is 0. The molecular weight excluding hydrogens is 340 g/mol. The van der Waals surface area contributed by atoms with Crippen molar-refractivity contribution in [3.8, 4) is 0 Å². The molecule has 23 heavy (non-hydrogen) atoms. The van der Waals surface area contributed by atoms with Gasteiger partial charge in [-0.15, -0.1) is 0 Å². The van der Waals surface area contributed by atoms with Crippen molar-refractivity contribution in [3.05, 3.63) is 30.1 Å². The van der Waals surface area contributed by atoms with Gasteiger partial charge in [-0.25, -0.2) is 17.1 Å². The first kappa shape index (κ1) is 19.4. The van der Waals surface area contributed by atoms with Crippen LogP contribution < -0.4 is 5.32 Å².